The number of carbonyl (C=O) groups excluding carboxylic acids is 2. The number of aliphatic carboxylic acids is 2. The molecule has 46 heavy (non-hydrogen) atoms. The summed E-state index contributed by atoms with van der Waals surface area (Å²) in [5, 5.41) is 23.2. The molecule has 5 rings (SSSR count). The van der Waals surface area contributed by atoms with Crippen molar-refractivity contribution in [1.82, 2.24) is 45.2 Å². The normalized spacial score (nSPS) is 11.2. The minimum atomic E-state index is -1.31. The number of carbonyl (C=O) groups is 4. The number of amides is 1. The standard InChI is InChI=1S/C19H19N7O6.C7H5N5O2/c20-19-25-15-14(17(30)26-19)23-11(8-22-15)7-21-10-3-1-9(2-4-10)16(29)24-12(18(31)32)5-6-13(27)28;8-7-11-5-4(6(14)12-7)10-3(2-13)1-9-5/h1-4,8,12,21H,5-7H2,(H,24,29)(H,27,28)(H,31,32)(H3,20,22,25,26,30);1-2H,(H3,8,9,11,12,14). The summed E-state index contributed by atoms with van der Waals surface area (Å²) < 4.78 is 0. The molecular weight excluding hydrogens is 608 g/mol. The van der Waals surface area contributed by atoms with Gasteiger partial charge in [0.1, 0.15) is 11.7 Å². The molecule has 0 spiro atoms. The van der Waals surface area contributed by atoms with Gasteiger partial charge in [0.15, 0.2) is 28.6 Å². The zero-order valence-electron chi connectivity index (χ0n) is 23.4. The molecule has 0 aliphatic carbocycles. The highest BCUT2D eigenvalue weighted by atomic mass is 16.4. The summed E-state index contributed by atoms with van der Waals surface area (Å²) in [6.45, 7) is 0.231. The van der Waals surface area contributed by atoms with E-state index < -0.39 is 35.0 Å². The summed E-state index contributed by atoms with van der Waals surface area (Å²) in [6, 6.07) is 4.86. The van der Waals surface area contributed by atoms with Crippen molar-refractivity contribution in [2.24, 2.45) is 0 Å². The first-order valence-electron chi connectivity index (χ1n) is 13.0. The molecule has 0 aliphatic rings. The van der Waals surface area contributed by atoms with E-state index in [0.717, 1.165) is 0 Å². The van der Waals surface area contributed by atoms with Crippen LogP contribution in [-0.4, -0.2) is 80.3 Å². The maximum Gasteiger partial charge on any atom is 0.326 e. The third-order valence-electron chi connectivity index (χ3n) is 5.93. The molecule has 0 bridgehead atoms. The van der Waals surface area contributed by atoms with Gasteiger partial charge in [-0.15, -0.1) is 0 Å². The topological polar surface area (TPSA) is 328 Å². The minimum absolute atomic E-state index is 0.00352. The first-order chi connectivity index (χ1) is 21.9. The van der Waals surface area contributed by atoms with Gasteiger partial charge in [0, 0.05) is 17.7 Å². The molecule has 5 aromatic rings. The summed E-state index contributed by atoms with van der Waals surface area (Å²) in [5.74, 6) is -3.19. The first kappa shape index (κ1) is 32.1. The molecule has 0 saturated carbocycles. The summed E-state index contributed by atoms with van der Waals surface area (Å²) in [6.07, 6.45) is 2.57. The summed E-state index contributed by atoms with van der Waals surface area (Å²) in [4.78, 5) is 95.7. The molecule has 20 heteroatoms. The number of aromatic amines is 2. The number of nitrogen functional groups attached to an aromatic ring is 2. The molecule has 1 unspecified atom stereocenters. The summed E-state index contributed by atoms with van der Waals surface area (Å²) in [5.41, 5.74) is 11.5. The maximum atomic E-state index is 12.3. The van der Waals surface area contributed by atoms with E-state index in [0.29, 0.717) is 17.7 Å². The number of fused-ring (bicyclic) bond motifs is 2. The number of nitrogens with two attached hydrogens (primary N) is 2. The van der Waals surface area contributed by atoms with E-state index in [1.165, 1.54) is 24.5 Å². The molecule has 236 valence electrons. The Morgan fingerprint density at radius 2 is 1.46 bits per heavy atom. The van der Waals surface area contributed by atoms with Crippen molar-refractivity contribution in [1.29, 1.82) is 0 Å². The summed E-state index contributed by atoms with van der Waals surface area (Å²) in [7, 11) is 0. The fourth-order valence-electron chi connectivity index (χ4n) is 3.76. The van der Waals surface area contributed by atoms with Gasteiger partial charge in [-0.25, -0.2) is 24.7 Å². The Labute approximate surface area is 255 Å². The average molecular weight is 633 g/mol. The van der Waals surface area contributed by atoms with Crippen molar-refractivity contribution in [3.8, 4) is 0 Å². The zero-order valence-corrected chi connectivity index (χ0v) is 23.4. The number of nitrogens with zero attached hydrogens (tertiary/aromatic N) is 6. The Balaban J connectivity index is 0.000000284. The number of aromatic nitrogens is 8. The van der Waals surface area contributed by atoms with Crippen molar-refractivity contribution in [3.05, 3.63) is 74.3 Å². The Bertz CT molecular complexity index is 2060. The van der Waals surface area contributed by atoms with Crippen LogP contribution in [0.5, 0.6) is 0 Å². The lowest BCUT2D eigenvalue weighted by atomic mass is 10.1. The molecule has 0 radical (unpaired) electrons. The van der Waals surface area contributed by atoms with E-state index in [4.69, 9.17) is 21.7 Å². The average Bonchev–Trinajstić information content (AvgIpc) is 3.02. The number of benzene rings is 1. The highest BCUT2D eigenvalue weighted by molar-refractivity contribution is 5.97. The van der Waals surface area contributed by atoms with Gasteiger partial charge in [-0.05, 0) is 30.7 Å². The third-order valence-corrected chi connectivity index (χ3v) is 5.93. The maximum absolute atomic E-state index is 12.3. The second-order valence-electron chi connectivity index (χ2n) is 9.25. The van der Waals surface area contributed by atoms with Crippen molar-refractivity contribution in [3.63, 3.8) is 0 Å². The smallest absolute Gasteiger partial charge is 0.326 e. The van der Waals surface area contributed by atoms with E-state index in [-0.39, 0.29) is 64.9 Å². The molecule has 4 aromatic heterocycles. The van der Waals surface area contributed by atoms with Gasteiger partial charge in [-0.3, -0.25) is 33.9 Å². The van der Waals surface area contributed by atoms with Gasteiger partial charge in [-0.1, -0.05) is 0 Å². The van der Waals surface area contributed by atoms with Crippen LogP contribution >= 0.6 is 0 Å². The predicted molar refractivity (Wildman–Crippen MR) is 160 cm³/mol. The monoisotopic (exact) mass is 632 g/mol. The lowest BCUT2D eigenvalue weighted by Crippen LogP contribution is -2.41. The molecular formula is C26H24N12O8. The number of H-pyrrole nitrogens is 2. The van der Waals surface area contributed by atoms with Crippen LogP contribution in [0.15, 0.2) is 46.2 Å². The Morgan fingerprint density at radius 3 is 2.02 bits per heavy atom. The molecule has 4 heterocycles. The number of hydrogen-bond acceptors (Lipinski definition) is 15. The molecule has 10 N–H and O–H groups in total. The minimum Gasteiger partial charge on any atom is -0.481 e. The molecule has 0 fully saturated rings. The van der Waals surface area contributed by atoms with Crippen LogP contribution in [0.1, 0.15) is 39.4 Å². The molecule has 0 aliphatic heterocycles. The van der Waals surface area contributed by atoms with Crippen molar-refractivity contribution in [2.45, 2.75) is 25.4 Å². The SMILES string of the molecule is Nc1nc2ncc(C=O)nc2c(=O)[nH]1.Nc1nc2ncc(CNc3ccc(C(=O)NC(CCC(=O)O)C(=O)O)cc3)nc2c(=O)[nH]1. The lowest BCUT2D eigenvalue weighted by molar-refractivity contribution is -0.140. The highest BCUT2D eigenvalue weighted by Gasteiger charge is 2.21. The van der Waals surface area contributed by atoms with Crippen molar-refractivity contribution >= 4 is 64.0 Å². The Kier molecular flexibility index (Phi) is 9.81. The molecule has 1 atom stereocenters. The predicted octanol–water partition coefficient (Wildman–Crippen LogP) is -0.937. The zero-order chi connectivity index (χ0) is 33.4. The molecule has 1 aromatic carbocycles. The number of aldehydes is 1. The number of carboxylic acids is 2. The quantitative estimate of drug-likeness (QED) is 0.0861. The van der Waals surface area contributed by atoms with E-state index in [1.54, 1.807) is 12.1 Å². The van der Waals surface area contributed by atoms with Crippen molar-refractivity contribution in [2.75, 3.05) is 16.8 Å². The fraction of sp³-hybridized carbons (Fsp3) is 0.154. The van der Waals surface area contributed by atoms with Gasteiger partial charge in [-0.2, -0.15) is 9.97 Å². The van der Waals surface area contributed by atoms with Gasteiger partial charge in [0.2, 0.25) is 11.9 Å². The van der Waals surface area contributed by atoms with Crippen LogP contribution in [0.2, 0.25) is 0 Å². The Hall–Kier alpha value is -6.86. The second-order valence-corrected chi connectivity index (χ2v) is 9.25. The van der Waals surface area contributed by atoms with E-state index in [1.807, 2.05) is 0 Å². The van der Waals surface area contributed by atoms with Crippen LogP contribution in [0, 0.1) is 0 Å². The van der Waals surface area contributed by atoms with E-state index in [2.05, 4.69) is 50.5 Å². The van der Waals surface area contributed by atoms with Crippen LogP contribution in [0.4, 0.5) is 17.6 Å². The number of nitrogens with one attached hydrogen (secondary N) is 4. The molecule has 20 nitrogen and oxygen atoms in total. The lowest BCUT2D eigenvalue weighted by Gasteiger charge is -2.14. The summed E-state index contributed by atoms with van der Waals surface area (Å²) >= 11 is 0. The highest BCUT2D eigenvalue weighted by Crippen LogP contribution is 2.12. The van der Waals surface area contributed by atoms with Crippen LogP contribution in [0.25, 0.3) is 22.3 Å². The third kappa shape index (κ3) is 8.15. The van der Waals surface area contributed by atoms with Gasteiger partial charge < -0.3 is 32.3 Å². The van der Waals surface area contributed by atoms with Crippen LogP contribution < -0.4 is 33.2 Å². The van der Waals surface area contributed by atoms with Crippen molar-refractivity contribution < 1.29 is 29.4 Å². The number of anilines is 3. The van der Waals surface area contributed by atoms with E-state index >= 15 is 0 Å². The number of carboxylic acid groups (broad SMARTS) is 2. The number of rotatable bonds is 10. The first-order valence-corrected chi connectivity index (χ1v) is 13.0. The Morgan fingerprint density at radius 1 is 0.870 bits per heavy atom. The van der Waals surface area contributed by atoms with Gasteiger partial charge in [0.25, 0.3) is 17.0 Å². The van der Waals surface area contributed by atoms with Gasteiger partial charge in [0.05, 0.1) is 24.6 Å². The fourth-order valence-corrected chi connectivity index (χ4v) is 3.76. The van der Waals surface area contributed by atoms with Gasteiger partial charge >= 0.3 is 11.9 Å². The molecule has 0 saturated heterocycles. The second kappa shape index (κ2) is 14.1. The van der Waals surface area contributed by atoms with Crippen LogP contribution in [-0.2, 0) is 16.1 Å². The van der Waals surface area contributed by atoms with E-state index in [9.17, 15) is 28.8 Å². The van der Waals surface area contributed by atoms with Crippen LogP contribution in [0.3, 0.4) is 0 Å². The largest absolute Gasteiger partial charge is 0.481 e. The number of hydrogen-bond donors (Lipinski definition) is 8. The molecule has 1 amide bonds.